The highest BCUT2D eigenvalue weighted by molar-refractivity contribution is 5.59. The average molecular weight is 255 g/mol. The van der Waals surface area contributed by atoms with E-state index >= 15 is 0 Å². The first-order valence-corrected chi connectivity index (χ1v) is 7.53. The van der Waals surface area contributed by atoms with Crippen molar-refractivity contribution < 1.29 is 9.53 Å². The summed E-state index contributed by atoms with van der Waals surface area (Å²) in [5, 5.41) is 0. The highest BCUT2D eigenvalue weighted by Crippen LogP contribution is 2.33. The van der Waals surface area contributed by atoms with Gasteiger partial charge in [-0.1, -0.05) is 32.6 Å². The Bertz CT molecular complexity index is 223. The highest BCUT2D eigenvalue weighted by atomic mass is 16.5. The van der Waals surface area contributed by atoms with Crippen LogP contribution in [-0.2, 0) is 9.53 Å². The molecule has 0 N–H and O–H groups in total. The van der Waals surface area contributed by atoms with Crippen LogP contribution < -0.4 is 0 Å². The van der Waals surface area contributed by atoms with E-state index in [1.807, 2.05) is 6.92 Å². The summed E-state index contributed by atoms with van der Waals surface area (Å²) >= 11 is 0. The first-order valence-electron chi connectivity index (χ1n) is 7.53. The summed E-state index contributed by atoms with van der Waals surface area (Å²) in [5.74, 6) is 0. The van der Waals surface area contributed by atoms with Crippen molar-refractivity contribution in [2.45, 2.75) is 52.4 Å². The monoisotopic (exact) mass is 255 g/mol. The molecule has 3 heteroatoms. The van der Waals surface area contributed by atoms with E-state index in [0.29, 0.717) is 0 Å². The van der Waals surface area contributed by atoms with E-state index in [1.165, 1.54) is 32.0 Å². The summed E-state index contributed by atoms with van der Waals surface area (Å²) in [7, 11) is 0. The fraction of sp³-hybridized carbons (Fsp3) is 0.933. The third-order valence-electron chi connectivity index (χ3n) is 4.09. The first-order chi connectivity index (χ1) is 8.76. The number of carbonyl (C=O) groups excluding carboxylic acids is 1. The Labute approximate surface area is 112 Å². The molecule has 1 rings (SSSR count). The average Bonchev–Trinajstić information content (AvgIpc) is 2.64. The first kappa shape index (κ1) is 15.6. The summed E-state index contributed by atoms with van der Waals surface area (Å²) in [4.78, 5) is 13.9. The second-order valence-electron chi connectivity index (χ2n) is 5.46. The van der Waals surface area contributed by atoms with Crippen molar-refractivity contribution in [2.75, 3.05) is 32.8 Å². The maximum absolute atomic E-state index is 11.6. The zero-order valence-electron chi connectivity index (χ0n) is 12.1. The second-order valence-corrected chi connectivity index (χ2v) is 5.46. The summed E-state index contributed by atoms with van der Waals surface area (Å²) in [6.07, 6.45) is 8.38. The summed E-state index contributed by atoms with van der Waals surface area (Å²) in [6, 6.07) is 0. The van der Waals surface area contributed by atoms with Crippen LogP contribution in [0, 0.1) is 5.41 Å². The lowest BCUT2D eigenvalue weighted by molar-refractivity contribution is -0.118. The Morgan fingerprint density at radius 2 is 1.83 bits per heavy atom. The maximum atomic E-state index is 11.6. The molecule has 1 aliphatic carbocycles. The van der Waals surface area contributed by atoms with E-state index < -0.39 is 0 Å². The van der Waals surface area contributed by atoms with E-state index in [2.05, 4.69) is 11.8 Å². The molecule has 1 aliphatic rings. The molecule has 1 saturated carbocycles. The van der Waals surface area contributed by atoms with Gasteiger partial charge in [-0.2, -0.15) is 0 Å². The molecule has 0 bridgehead atoms. The Morgan fingerprint density at radius 1 is 1.17 bits per heavy atom. The zero-order valence-corrected chi connectivity index (χ0v) is 12.1. The molecule has 18 heavy (non-hydrogen) atoms. The predicted octanol–water partition coefficient (Wildman–Crippen LogP) is 2.88. The Kier molecular flexibility index (Phi) is 7.52. The van der Waals surface area contributed by atoms with Crippen LogP contribution in [-0.4, -0.2) is 44.0 Å². The molecule has 0 saturated heterocycles. The van der Waals surface area contributed by atoms with Gasteiger partial charge in [-0.3, -0.25) is 0 Å². The van der Waals surface area contributed by atoms with Crippen molar-refractivity contribution in [3.8, 4) is 0 Å². The molecule has 0 aromatic carbocycles. The Morgan fingerprint density at radius 3 is 2.33 bits per heavy atom. The number of ether oxygens (including phenoxy) is 1. The van der Waals surface area contributed by atoms with E-state index in [0.717, 1.165) is 45.7 Å². The number of nitrogens with zero attached hydrogens (tertiary/aromatic N) is 1. The molecule has 0 heterocycles. The number of aldehydes is 1. The van der Waals surface area contributed by atoms with Gasteiger partial charge in [0.2, 0.25) is 0 Å². The van der Waals surface area contributed by atoms with Gasteiger partial charge in [-0.25, -0.2) is 0 Å². The molecule has 0 unspecified atom stereocenters. The minimum absolute atomic E-state index is 0.0846. The van der Waals surface area contributed by atoms with Gasteiger partial charge >= 0.3 is 0 Å². The van der Waals surface area contributed by atoms with Crippen LogP contribution in [0.4, 0.5) is 0 Å². The van der Waals surface area contributed by atoms with Crippen LogP contribution in [0.25, 0.3) is 0 Å². The molecule has 0 aromatic heterocycles. The summed E-state index contributed by atoms with van der Waals surface area (Å²) < 4.78 is 5.42. The van der Waals surface area contributed by atoms with Crippen LogP contribution in [0.15, 0.2) is 0 Å². The number of hydrogen-bond acceptors (Lipinski definition) is 3. The van der Waals surface area contributed by atoms with E-state index in [4.69, 9.17) is 4.74 Å². The zero-order chi connectivity index (χ0) is 13.3. The van der Waals surface area contributed by atoms with E-state index in [9.17, 15) is 4.79 Å². The van der Waals surface area contributed by atoms with Gasteiger partial charge in [0.25, 0.3) is 0 Å². The third kappa shape index (κ3) is 5.07. The van der Waals surface area contributed by atoms with Crippen LogP contribution in [0.1, 0.15) is 52.4 Å². The van der Waals surface area contributed by atoms with Crippen molar-refractivity contribution in [1.82, 2.24) is 4.90 Å². The van der Waals surface area contributed by atoms with E-state index in [1.54, 1.807) is 0 Å². The van der Waals surface area contributed by atoms with Crippen molar-refractivity contribution >= 4 is 6.29 Å². The molecule has 0 atom stereocenters. The molecule has 3 nitrogen and oxygen atoms in total. The lowest BCUT2D eigenvalue weighted by atomic mass is 9.81. The van der Waals surface area contributed by atoms with Gasteiger partial charge in [0.15, 0.2) is 0 Å². The molecule has 0 radical (unpaired) electrons. The standard InChI is InChI=1S/C15H29NO2/c1-3-16(11-12-18-4-2)13-15(14-17)9-7-5-6-8-10-15/h14H,3-13H2,1-2H3. The maximum Gasteiger partial charge on any atom is 0.127 e. The highest BCUT2D eigenvalue weighted by Gasteiger charge is 2.32. The van der Waals surface area contributed by atoms with Crippen molar-refractivity contribution in [2.24, 2.45) is 5.41 Å². The van der Waals surface area contributed by atoms with Crippen LogP contribution in [0.3, 0.4) is 0 Å². The smallest absolute Gasteiger partial charge is 0.127 e. The second kappa shape index (κ2) is 8.65. The molecular weight excluding hydrogens is 226 g/mol. The lowest BCUT2D eigenvalue weighted by Crippen LogP contribution is -2.40. The van der Waals surface area contributed by atoms with Gasteiger partial charge in [0.1, 0.15) is 6.29 Å². The topological polar surface area (TPSA) is 29.5 Å². The SMILES string of the molecule is CCOCCN(CC)CC1(C=O)CCCCCC1. The third-order valence-corrected chi connectivity index (χ3v) is 4.09. The predicted molar refractivity (Wildman–Crippen MR) is 74.8 cm³/mol. The van der Waals surface area contributed by atoms with Gasteiger partial charge in [0, 0.05) is 25.1 Å². The van der Waals surface area contributed by atoms with Crippen molar-refractivity contribution in [3.05, 3.63) is 0 Å². The fourth-order valence-corrected chi connectivity index (χ4v) is 2.88. The minimum Gasteiger partial charge on any atom is -0.380 e. The minimum atomic E-state index is -0.0846. The number of carbonyl (C=O) groups is 1. The van der Waals surface area contributed by atoms with Crippen molar-refractivity contribution in [3.63, 3.8) is 0 Å². The largest absolute Gasteiger partial charge is 0.380 e. The Balaban J connectivity index is 2.49. The molecule has 0 aromatic rings. The van der Waals surface area contributed by atoms with Gasteiger partial charge in [-0.15, -0.1) is 0 Å². The van der Waals surface area contributed by atoms with Gasteiger partial charge in [0.05, 0.1) is 6.61 Å². The Hall–Kier alpha value is -0.410. The molecule has 1 fully saturated rings. The van der Waals surface area contributed by atoms with Crippen molar-refractivity contribution in [1.29, 1.82) is 0 Å². The normalized spacial score (nSPS) is 19.7. The van der Waals surface area contributed by atoms with Crippen LogP contribution in [0.2, 0.25) is 0 Å². The van der Waals surface area contributed by atoms with Gasteiger partial charge in [-0.05, 0) is 26.3 Å². The molecule has 0 amide bonds. The quantitative estimate of drug-likeness (QED) is 0.379. The molecule has 106 valence electrons. The fourth-order valence-electron chi connectivity index (χ4n) is 2.88. The number of likely N-dealkylation sites (N-methyl/N-ethyl adjacent to an activating group) is 1. The van der Waals surface area contributed by atoms with Gasteiger partial charge < -0.3 is 14.4 Å². The number of hydrogen-bond donors (Lipinski definition) is 0. The summed E-state index contributed by atoms with van der Waals surface area (Å²) in [5.41, 5.74) is -0.0846. The van der Waals surface area contributed by atoms with E-state index in [-0.39, 0.29) is 5.41 Å². The molecule has 0 spiro atoms. The molecule has 0 aliphatic heterocycles. The molecular formula is C15H29NO2. The summed E-state index contributed by atoms with van der Waals surface area (Å²) in [6.45, 7) is 8.61. The number of rotatable bonds is 8. The van der Waals surface area contributed by atoms with Crippen LogP contribution in [0.5, 0.6) is 0 Å². The van der Waals surface area contributed by atoms with Crippen LogP contribution >= 0.6 is 0 Å². The lowest BCUT2D eigenvalue weighted by Gasteiger charge is -2.33.